The Labute approximate surface area is 198 Å². The fourth-order valence-electron chi connectivity index (χ4n) is 3.51. The summed E-state index contributed by atoms with van der Waals surface area (Å²) in [4.78, 5) is 40.6. The van der Waals surface area contributed by atoms with E-state index in [0.717, 1.165) is 12.8 Å². The first-order valence-corrected chi connectivity index (χ1v) is 10.6. The molecule has 1 fully saturated rings. The van der Waals surface area contributed by atoms with E-state index < -0.39 is 24.0 Å². The molecule has 3 rings (SSSR count). The number of nitrogens with zero attached hydrogens (tertiary/aromatic N) is 3. The van der Waals surface area contributed by atoms with E-state index in [9.17, 15) is 32.8 Å². The lowest BCUT2D eigenvalue weighted by atomic mass is 10.0. The van der Waals surface area contributed by atoms with Gasteiger partial charge in [0.15, 0.2) is 12.4 Å². The van der Waals surface area contributed by atoms with Crippen LogP contribution in [0.4, 0.5) is 23.7 Å². The molecule has 0 spiro atoms. The number of pyridine rings is 1. The van der Waals surface area contributed by atoms with E-state index >= 15 is 0 Å². The molecule has 0 radical (unpaired) electrons. The lowest BCUT2D eigenvalue weighted by Gasteiger charge is -2.35. The minimum Gasteiger partial charge on any atom is -0.619 e. The maximum absolute atomic E-state index is 12.9. The quantitative estimate of drug-likeness (QED) is 0.253. The standard InChI is InChI=1S/C22H23F3N6O4/c23-22(24,25)20(33)29-18(26)14-4-6-16(7-5-14)28-21(34)31-10-2-1-3-17(31)13-27-19(32)15-8-11-30(35)12-9-15/h4-9,11-12,17H,1-3,10,13H2,(H,27,32)(H,28,34)(H2,26,29,33). The summed E-state index contributed by atoms with van der Waals surface area (Å²) in [6.07, 6.45) is -0.330. The maximum Gasteiger partial charge on any atom is 0.473 e. The molecule has 2 aromatic rings. The third kappa shape index (κ3) is 6.91. The molecule has 35 heavy (non-hydrogen) atoms. The van der Waals surface area contributed by atoms with Crippen molar-refractivity contribution >= 4 is 29.4 Å². The number of carbonyl (C=O) groups is 3. The van der Waals surface area contributed by atoms with Crippen molar-refractivity contribution in [2.24, 2.45) is 10.7 Å². The Morgan fingerprint density at radius 2 is 1.74 bits per heavy atom. The van der Waals surface area contributed by atoms with E-state index in [0.29, 0.717) is 28.9 Å². The van der Waals surface area contributed by atoms with Crippen molar-refractivity contribution < 1.29 is 32.3 Å². The summed E-state index contributed by atoms with van der Waals surface area (Å²) < 4.78 is 37.6. The summed E-state index contributed by atoms with van der Waals surface area (Å²) in [6.45, 7) is 0.697. The second-order valence-corrected chi connectivity index (χ2v) is 7.81. The van der Waals surface area contributed by atoms with Gasteiger partial charge >= 0.3 is 18.1 Å². The highest BCUT2D eigenvalue weighted by molar-refractivity contribution is 6.05. The van der Waals surface area contributed by atoms with Crippen LogP contribution in [0.2, 0.25) is 0 Å². The van der Waals surface area contributed by atoms with Crippen molar-refractivity contribution in [3.05, 3.63) is 65.1 Å². The molecular weight excluding hydrogens is 469 g/mol. The third-order valence-electron chi connectivity index (χ3n) is 5.35. The van der Waals surface area contributed by atoms with Crippen molar-refractivity contribution in [1.82, 2.24) is 10.2 Å². The number of aromatic nitrogens is 1. The maximum atomic E-state index is 12.9. The Morgan fingerprint density at radius 1 is 1.09 bits per heavy atom. The van der Waals surface area contributed by atoms with Gasteiger partial charge in [0.1, 0.15) is 5.84 Å². The summed E-state index contributed by atoms with van der Waals surface area (Å²) >= 11 is 0. The molecule has 13 heteroatoms. The normalized spacial score (nSPS) is 16.5. The van der Waals surface area contributed by atoms with Crippen LogP contribution in [0.5, 0.6) is 0 Å². The summed E-state index contributed by atoms with van der Waals surface area (Å²) in [7, 11) is 0. The summed E-state index contributed by atoms with van der Waals surface area (Å²) in [5.41, 5.74) is 6.24. The molecule has 1 saturated heterocycles. The van der Waals surface area contributed by atoms with Crippen LogP contribution in [-0.2, 0) is 4.79 Å². The minimum atomic E-state index is -5.12. The van der Waals surface area contributed by atoms with Crippen LogP contribution < -0.4 is 21.1 Å². The van der Waals surface area contributed by atoms with E-state index in [2.05, 4.69) is 15.6 Å². The van der Waals surface area contributed by atoms with E-state index in [1.165, 1.54) is 48.8 Å². The first-order chi connectivity index (χ1) is 16.5. The van der Waals surface area contributed by atoms with Gasteiger partial charge < -0.3 is 26.5 Å². The van der Waals surface area contributed by atoms with Gasteiger partial charge in [-0.05, 0) is 43.5 Å². The number of likely N-dealkylation sites (tertiary alicyclic amines) is 1. The number of piperidine rings is 1. The molecule has 1 unspecified atom stereocenters. The largest absolute Gasteiger partial charge is 0.619 e. The van der Waals surface area contributed by atoms with Gasteiger partial charge in [-0.2, -0.15) is 22.9 Å². The van der Waals surface area contributed by atoms with Crippen LogP contribution >= 0.6 is 0 Å². The highest BCUT2D eigenvalue weighted by Crippen LogP contribution is 2.20. The lowest BCUT2D eigenvalue weighted by molar-refractivity contribution is -0.605. The molecule has 1 aromatic carbocycles. The number of amidine groups is 1. The van der Waals surface area contributed by atoms with Crippen molar-refractivity contribution in [1.29, 1.82) is 0 Å². The monoisotopic (exact) mass is 492 g/mol. The van der Waals surface area contributed by atoms with Crippen LogP contribution in [0, 0.1) is 5.21 Å². The van der Waals surface area contributed by atoms with E-state index in [1.807, 2.05) is 0 Å². The lowest BCUT2D eigenvalue weighted by Crippen LogP contribution is -2.50. The first kappa shape index (κ1) is 25.5. The Hall–Kier alpha value is -4.16. The molecule has 0 aliphatic carbocycles. The number of nitrogens with two attached hydrogens (primary N) is 1. The molecule has 0 bridgehead atoms. The van der Waals surface area contributed by atoms with Crippen LogP contribution in [0.1, 0.15) is 35.2 Å². The summed E-state index contributed by atoms with van der Waals surface area (Å²) in [5.74, 6) is -3.27. The third-order valence-corrected chi connectivity index (χ3v) is 5.35. The van der Waals surface area contributed by atoms with E-state index in [4.69, 9.17) is 5.73 Å². The highest BCUT2D eigenvalue weighted by Gasteiger charge is 2.38. The number of hydrogen-bond acceptors (Lipinski definition) is 4. The number of rotatable bonds is 5. The smallest absolute Gasteiger partial charge is 0.473 e. The second-order valence-electron chi connectivity index (χ2n) is 7.81. The summed E-state index contributed by atoms with van der Waals surface area (Å²) in [5, 5.41) is 16.6. The molecule has 4 N–H and O–H groups in total. The number of anilines is 1. The molecule has 4 amide bonds. The molecule has 0 saturated carbocycles. The molecule has 10 nitrogen and oxygen atoms in total. The molecule has 1 aliphatic rings. The minimum absolute atomic E-state index is 0.0857. The number of amides is 4. The van der Waals surface area contributed by atoms with Gasteiger partial charge in [0.05, 0.1) is 11.6 Å². The number of urea groups is 1. The number of benzene rings is 1. The van der Waals surface area contributed by atoms with Crippen LogP contribution in [-0.4, -0.2) is 53.9 Å². The van der Waals surface area contributed by atoms with Crippen molar-refractivity contribution in [3.63, 3.8) is 0 Å². The molecule has 1 atom stereocenters. The molecule has 186 valence electrons. The van der Waals surface area contributed by atoms with Crippen LogP contribution in [0.3, 0.4) is 0 Å². The van der Waals surface area contributed by atoms with Gasteiger partial charge in [0.25, 0.3) is 5.91 Å². The number of hydrogen-bond donors (Lipinski definition) is 3. The summed E-state index contributed by atoms with van der Waals surface area (Å²) in [6, 6.07) is 7.64. The molecular formula is C22H23F3N6O4. The Kier molecular flexibility index (Phi) is 7.89. The molecule has 1 aliphatic heterocycles. The number of alkyl halides is 3. The zero-order chi connectivity index (χ0) is 25.6. The number of aliphatic imine (C=N–C) groups is 1. The number of nitrogens with one attached hydrogen (secondary N) is 2. The zero-order valence-corrected chi connectivity index (χ0v) is 18.4. The number of halogens is 3. The first-order valence-electron chi connectivity index (χ1n) is 10.6. The predicted molar refractivity (Wildman–Crippen MR) is 119 cm³/mol. The van der Waals surface area contributed by atoms with Crippen molar-refractivity contribution in [3.8, 4) is 0 Å². The fourth-order valence-corrected chi connectivity index (χ4v) is 3.51. The van der Waals surface area contributed by atoms with Crippen molar-refractivity contribution in [2.45, 2.75) is 31.5 Å². The Bertz CT molecular complexity index is 1100. The highest BCUT2D eigenvalue weighted by atomic mass is 19.4. The average molecular weight is 492 g/mol. The van der Waals surface area contributed by atoms with Gasteiger partial charge in [-0.1, -0.05) is 0 Å². The van der Waals surface area contributed by atoms with Crippen molar-refractivity contribution in [2.75, 3.05) is 18.4 Å². The second kappa shape index (κ2) is 10.8. The SMILES string of the molecule is NC(=NC(=O)C(F)(F)F)c1ccc(NC(=O)N2CCCCC2CNC(=O)c2cc[n+]([O-])cc2)cc1. The van der Waals surface area contributed by atoms with Gasteiger partial charge in [0.2, 0.25) is 0 Å². The van der Waals surface area contributed by atoms with Gasteiger partial charge in [-0.15, -0.1) is 0 Å². The van der Waals surface area contributed by atoms with Crippen LogP contribution in [0.15, 0.2) is 53.8 Å². The Balaban J connectivity index is 1.60. The predicted octanol–water partition coefficient (Wildman–Crippen LogP) is 1.93. The number of carbonyl (C=O) groups excluding carboxylic acids is 3. The van der Waals surface area contributed by atoms with E-state index in [1.54, 1.807) is 4.90 Å². The molecule has 1 aromatic heterocycles. The topological polar surface area (TPSA) is 144 Å². The zero-order valence-electron chi connectivity index (χ0n) is 18.4. The Morgan fingerprint density at radius 3 is 2.37 bits per heavy atom. The fraction of sp³-hybridized carbons (Fsp3) is 0.318. The molecule has 2 heterocycles. The average Bonchev–Trinajstić information content (AvgIpc) is 2.83. The van der Waals surface area contributed by atoms with Gasteiger partial charge in [0, 0.05) is 36.5 Å². The van der Waals surface area contributed by atoms with Gasteiger partial charge in [-0.3, -0.25) is 9.59 Å². The van der Waals surface area contributed by atoms with E-state index in [-0.39, 0.29) is 24.1 Å². The van der Waals surface area contributed by atoms with Crippen LogP contribution in [0.25, 0.3) is 0 Å². The van der Waals surface area contributed by atoms with Gasteiger partial charge in [-0.25, -0.2) is 4.79 Å².